The van der Waals surface area contributed by atoms with E-state index in [1.54, 1.807) is 36.3 Å². The first-order valence-electron chi connectivity index (χ1n) is 6.72. The summed E-state index contributed by atoms with van der Waals surface area (Å²) in [6.45, 7) is 0.424. The van der Waals surface area contributed by atoms with Crippen LogP contribution in [0.15, 0.2) is 48.9 Å². The number of methoxy groups -OCH3 is 1. The summed E-state index contributed by atoms with van der Waals surface area (Å²) >= 11 is 0. The number of benzene rings is 1. The summed E-state index contributed by atoms with van der Waals surface area (Å²) in [5.74, 6) is 0.784. The van der Waals surface area contributed by atoms with Gasteiger partial charge in [0.15, 0.2) is 5.65 Å². The van der Waals surface area contributed by atoms with Crippen molar-refractivity contribution >= 4 is 17.4 Å². The number of anilines is 1. The van der Waals surface area contributed by atoms with E-state index in [4.69, 9.17) is 4.74 Å². The van der Waals surface area contributed by atoms with Crippen molar-refractivity contribution in [3.63, 3.8) is 0 Å². The predicted molar refractivity (Wildman–Crippen MR) is 81.8 cm³/mol. The lowest BCUT2D eigenvalue weighted by Crippen LogP contribution is -2.28. The fourth-order valence-corrected chi connectivity index (χ4v) is 1.98. The molecule has 0 unspecified atom stereocenters. The van der Waals surface area contributed by atoms with Gasteiger partial charge in [0.05, 0.1) is 31.4 Å². The van der Waals surface area contributed by atoms with Gasteiger partial charge in [-0.3, -0.25) is 0 Å². The molecule has 0 saturated carbocycles. The molecule has 1 aromatic carbocycles. The smallest absolute Gasteiger partial charge is 0.319 e. The van der Waals surface area contributed by atoms with Gasteiger partial charge in [0.2, 0.25) is 0 Å². The molecule has 2 N–H and O–H groups in total. The van der Waals surface area contributed by atoms with Crippen LogP contribution in [-0.2, 0) is 6.54 Å². The highest BCUT2D eigenvalue weighted by Crippen LogP contribution is 2.11. The van der Waals surface area contributed by atoms with E-state index in [0.29, 0.717) is 12.2 Å². The lowest BCUT2D eigenvalue weighted by Gasteiger charge is -2.08. The molecule has 0 aliphatic rings. The number of nitrogens with zero attached hydrogens (tertiary/aromatic N) is 3. The van der Waals surface area contributed by atoms with E-state index >= 15 is 0 Å². The first-order valence-corrected chi connectivity index (χ1v) is 6.72. The van der Waals surface area contributed by atoms with Crippen LogP contribution < -0.4 is 15.4 Å². The van der Waals surface area contributed by atoms with Crippen LogP contribution in [0.1, 0.15) is 5.56 Å². The molecule has 22 heavy (non-hydrogen) atoms. The summed E-state index contributed by atoms with van der Waals surface area (Å²) in [7, 11) is 1.62. The van der Waals surface area contributed by atoms with Crippen LogP contribution in [0.4, 0.5) is 10.5 Å². The molecule has 3 aromatic rings. The number of fused-ring (bicyclic) bond motifs is 1. The second kappa shape index (κ2) is 6.13. The summed E-state index contributed by atoms with van der Waals surface area (Å²) in [6.07, 6.45) is 4.94. The Morgan fingerprint density at radius 3 is 2.86 bits per heavy atom. The molecule has 7 nitrogen and oxygen atoms in total. The zero-order valence-corrected chi connectivity index (χ0v) is 12.0. The first kappa shape index (κ1) is 13.9. The molecule has 3 rings (SSSR count). The molecule has 2 heterocycles. The van der Waals surface area contributed by atoms with Gasteiger partial charge in [0.1, 0.15) is 5.75 Å². The normalized spacial score (nSPS) is 10.4. The van der Waals surface area contributed by atoms with Gasteiger partial charge in [-0.25, -0.2) is 14.3 Å². The third-order valence-corrected chi connectivity index (χ3v) is 3.12. The molecule has 112 valence electrons. The monoisotopic (exact) mass is 297 g/mol. The average Bonchev–Trinajstić information content (AvgIpc) is 3.01. The molecule has 0 spiro atoms. The van der Waals surface area contributed by atoms with Crippen molar-refractivity contribution in [2.24, 2.45) is 0 Å². The van der Waals surface area contributed by atoms with Gasteiger partial charge in [-0.2, -0.15) is 5.10 Å². The maximum Gasteiger partial charge on any atom is 0.319 e. The van der Waals surface area contributed by atoms with Crippen LogP contribution in [-0.4, -0.2) is 27.7 Å². The summed E-state index contributed by atoms with van der Waals surface area (Å²) in [4.78, 5) is 16.1. The van der Waals surface area contributed by atoms with Gasteiger partial charge < -0.3 is 15.4 Å². The van der Waals surface area contributed by atoms with Crippen LogP contribution in [0.3, 0.4) is 0 Å². The number of rotatable bonds is 4. The Morgan fingerprint density at radius 1 is 1.27 bits per heavy atom. The topological polar surface area (TPSA) is 80.5 Å². The minimum absolute atomic E-state index is 0.302. The fraction of sp³-hybridized carbons (Fsp3) is 0.133. The van der Waals surface area contributed by atoms with Crippen molar-refractivity contribution in [2.75, 3.05) is 12.4 Å². The third kappa shape index (κ3) is 3.14. The third-order valence-electron chi connectivity index (χ3n) is 3.12. The van der Waals surface area contributed by atoms with E-state index in [-0.39, 0.29) is 6.03 Å². The van der Waals surface area contributed by atoms with Gasteiger partial charge in [-0.05, 0) is 17.7 Å². The molecule has 0 radical (unpaired) electrons. The highest BCUT2D eigenvalue weighted by Gasteiger charge is 2.04. The zero-order valence-electron chi connectivity index (χ0n) is 12.0. The lowest BCUT2D eigenvalue weighted by atomic mass is 10.2. The average molecular weight is 297 g/mol. The van der Waals surface area contributed by atoms with Crippen LogP contribution in [0.5, 0.6) is 5.75 Å². The zero-order chi connectivity index (χ0) is 15.4. The first-order chi connectivity index (χ1) is 10.7. The molecule has 0 bridgehead atoms. The van der Waals surface area contributed by atoms with Gasteiger partial charge in [0, 0.05) is 12.6 Å². The lowest BCUT2D eigenvalue weighted by molar-refractivity contribution is 0.251. The minimum Gasteiger partial charge on any atom is -0.497 e. The fourth-order valence-electron chi connectivity index (χ4n) is 1.98. The van der Waals surface area contributed by atoms with Crippen molar-refractivity contribution < 1.29 is 9.53 Å². The van der Waals surface area contributed by atoms with Gasteiger partial charge in [0.25, 0.3) is 0 Å². The maximum absolute atomic E-state index is 11.9. The summed E-state index contributed by atoms with van der Waals surface area (Å²) in [5.41, 5.74) is 2.28. The molecule has 0 aliphatic heterocycles. The number of urea groups is 1. The number of amides is 2. The van der Waals surface area contributed by atoms with E-state index in [2.05, 4.69) is 20.7 Å². The highest BCUT2D eigenvalue weighted by molar-refractivity contribution is 5.88. The highest BCUT2D eigenvalue weighted by atomic mass is 16.5. The van der Waals surface area contributed by atoms with E-state index in [1.165, 1.54) is 0 Å². The molecule has 0 saturated heterocycles. The molecule has 0 aliphatic carbocycles. The van der Waals surface area contributed by atoms with E-state index in [0.717, 1.165) is 17.0 Å². The maximum atomic E-state index is 11.9. The van der Waals surface area contributed by atoms with Crippen molar-refractivity contribution in [3.8, 4) is 5.75 Å². The number of hydrogen-bond donors (Lipinski definition) is 2. The van der Waals surface area contributed by atoms with E-state index in [9.17, 15) is 4.79 Å². The number of ether oxygens (including phenoxy) is 1. The van der Waals surface area contributed by atoms with Crippen molar-refractivity contribution in [1.29, 1.82) is 0 Å². The molecule has 7 heteroatoms. The Kier molecular flexibility index (Phi) is 3.86. The largest absolute Gasteiger partial charge is 0.497 e. The van der Waals surface area contributed by atoms with Crippen molar-refractivity contribution in [1.82, 2.24) is 19.9 Å². The van der Waals surface area contributed by atoms with E-state index < -0.39 is 0 Å². The van der Waals surface area contributed by atoms with Crippen LogP contribution in [0, 0.1) is 0 Å². The summed E-state index contributed by atoms with van der Waals surface area (Å²) in [6, 6.07) is 8.99. The second-order valence-corrected chi connectivity index (χ2v) is 4.63. The van der Waals surface area contributed by atoms with Crippen molar-refractivity contribution in [2.45, 2.75) is 6.54 Å². The molecular formula is C15H15N5O2. The Bertz CT molecular complexity index is 782. The van der Waals surface area contributed by atoms with Crippen LogP contribution in [0.25, 0.3) is 5.65 Å². The Hall–Kier alpha value is -3.09. The van der Waals surface area contributed by atoms with Crippen LogP contribution in [0.2, 0.25) is 0 Å². The molecular weight excluding hydrogens is 282 g/mol. The number of aromatic nitrogens is 3. The molecule has 2 aromatic heterocycles. The second-order valence-electron chi connectivity index (χ2n) is 4.63. The number of carbonyl (C=O) groups is 1. The Balaban J connectivity index is 1.57. The summed E-state index contributed by atoms with van der Waals surface area (Å²) in [5, 5.41) is 9.56. The van der Waals surface area contributed by atoms with Gasteiger partial charge >= 0.3 is 6.03 Å². The standard InChI is InChI=1S/C15H15N5O2/c1-22-13-4-2-11(3-5-13)8-17-15(21)19-12-9-16-14-6-7-18-20(14)10-12/h2-7,9-10H,8H2,1H3,(H2,17,19,21). The SMILES string of the molecule is COc1ccc(CNC(=O)Nc2cnc3ccnn3c2)cc1. The van der Waals surface area contributed by atoms with Gasteiger partial charge in [-0.1, -0.05) is 12.1 Å². The van der Waals surface area contributed by atoms with E-state index in [1.807, 2.05) is 24.3 Å². The molecule has 0 fully saturated rings. The molecule has 0 atom stereocenters. The predicted octanol–water partition coefficient (Wildman–Crippen LogP) is 2.06. The number of hydrogen-bond acceptors (Lipinski definition) is 4. The van der Waals surface area contributed by atoms with Crippen LogP contribution >= 0.6 is 0 Å². The minimum atomic E-state index is -0.302. The Morgan fingerprint density at radius 2 is 2.09 bits per heavy atom. The van der Waals surface area contributed by atoms with Gasteiger partial charge in [-0.15, -0.1) is 0 Å². The number of carbonyl (C=O) groups excluding carboxylic acids is 1. The quantitative estimate of drug-likeness (QED) is 0.772. The number of nitrogens with one attached hydrogen (secondary N) is 2. The molecule has 2 amide bonds. The summed E-state index contributed by atoms with van der Waals surface area (Å²) < 4.78 is 6.68. The van der Waals surface area contributed by atoms with Crippen molar-refractivity contribution in [3.05, 3.63) is 54.5 Å². The Labute approximate surface area is 126 Å².